The highest BCUT2D eigenvalue weighted by atomic mass is 32.1. The molecule has 1 unspecified atom stereocenters. The van der Waals surface area contributed by atoms with E-state index in [1.54, 1.807) is 11.3 Å². The molecule has 0 radical (unpaired) electrons. The Morgan fingerprint density at radius 2 is 2.29 bits per heavy atom. The minimum absolute atomic E-state index is 0.117. The topological polar surface area (TPSA) is 46.3 Å². The Balaban J connectivity index is 1.89. The molecule has 0 bridgehead atoms. The molecular formula is C17H22N2OS. The Kier molecular flexibility index (Phi) is 3.89. The summed E-state index contributed by atoms with van der Waals surface area (Å²) in [5.74, 6) is 0.781. The summed E-state index contributed by atoms with van der Waals surface area (Å²) < 4.78 is 1.14. The van der Waals surface area contributed by atoms with Gasteiger partial charge in [-0.1, -0.05) is 31.5 Å². The lowest BCUT2D eigenvalue weighted by Gasteiger charge is -2.15. The molecule has 3 rings (SSSR count). The van der Waals surface area contributed by atoms with Gasteiger partial charge in [-0.3, -0.25) is 4.79 Å². The number of fused-ring (bicyclic) bond motifs is 1. The van der Waals surface area contributed by atoms with E-state index in [0.29, 0.717) is 11.6 Å². The Morgan fingerprint density at radius 3 is 3.00 bits per heavy atom. The van der Waals surface area contributed by atoms with Crippen molar-refractivity contribution in [3.05, 3.63) is 28.6 Å². The zero-order valence-electron chi connectivity index (χ0n) is 12.7. The van der Waals surface area contributed by atoms with Crippen LogP contribution in [0.1, 0.15) is 41.4 Å². The van der Waals surface area contributed by atoms with Gasteiger partial charge in [-0.05, 0) is 31.2 Å². The molecule has 1 amide bonds. The molecule has 1 atom stereocenters. The Morgan fingerprint density at radius 1 is 1.48 bits per heavy atom. The fourth-order valence-corrected chi connectivity index (χ4v) is 4.40. The van der Waals surface area contributed by atoms with Crippen molar-refractivity contribution >= 4 is 33.0 Å². The maximum Gasteiger partial charge on any atom is 0.266 e. The molecule has 1 aliphatic heterocycles. The molecule has 4 heteroatoms. The van der Waals surface area contributed by atoms with E-state index in [-0.39, 0.29) is 5.91 Å². The van der Waals surface area contributed by atoms with E-state index in [4.69, 9.17) is 5.73 Å². The highest BCUT2D eigenvalue weighted by Gasteiger charge is 2.29. The molecule has 0 aliphatic carbocycles. The Hall–Kier alpha value is -1.55. The lowest BCUT2D eigenvalue weighted by molar-refractivity contribution is 0.0792. The molecule has 112 valence electrons. The summed E-state index contributed by atoms with van der Waals surface area (Å²) in [7, 11) is 0. The van der Waals surface area contributed by atoms with Gasteiger partial charge in [0.05, 0.1) is 5.69 Å². The van der Waals surface area contributed by atoms with Gasteiger partial charge in [0.2, 0.25) is 0 Å². The average molecular weight is 302 g/mol. The van der Waals surface area contributed by atoms with Gasteiger partial charge in [0, 0.05) is 23.2 Å². The van der Waals surface area contributed by atoms with Crippen LogP contribution in [-0.4, -0.2) is 23.9 Å². The SMILES string of the molecule is CCCC1CCN(C(=O)c2sc3c(C)cccc3c2N)C1. The van der Waals surface area contributed by atoms with Gasteiger partial charge < -0.3 is 10.6 Å². The molecule has 0 saturated carbocycles. The van der Waals surface area contributed by atoms with Gasteiger partial charge in [-0.15, -0.1) is 11.3 Å². The fraction of sp³-hybridized carbons (Fsp3) is 0.471. The van der Waals surface area contributed by atoms with E-state index >= 15 is 0 Å². The molecule has 1 aromatic carbocycles. The number of nitrogen functional groups attached to an aromatic ring is 1. The molecule has 21 heavy (non-hydrogen) atoms. The molecule has 1 aromatic heterocycles. The molecule has 1 aliphatic rings. The first-order chi connectivity index (χ1) is 10.1. The van der Waals surface area contributed by atoms with Crippen molar-refractivity contribution < 1.29 is 4.79 Å². The fourth-order valence-electron chi connectivity index (χ4n) is 3.24. The monoisotopic (exact) mass is 302 g/mol. The molecular weight excluding hydrogens is 280 g/mol. The van der Waals surface area contributed by atoms with Crippen LogP contribution in [0.4, 0.5) is 5.69 Å². The van der Waals surface area contributed by atoms with Crippen LogP contribution in [0, 0.1) is 12.8 Å². The first-order valence-corrected chi connectivity index (χ1v) is 8.50. The van der Waals surface area contributed by atoms with E-state index in [1.807, 2.05) is 17.0 Å². The smallest absolute Gasteiger partial charge is 0.266 e. The molecule has 2 N–H and O–H groups in total. The van der Waals surface area contributed by atoms with E-state index in [9.17, 15) is 4.79 Å². The van der Waals surface area contributed by atoms with Crippen LogP contribution in [0.15, 0.2) is 18.2 Å². The largest absolute Gasteiger partial charge is 0.397 e. The second-order valence-electron chi connectivity index (χ2n) is 5.99. The first-order valence-electron chi connectivity index (χ1n) is 7.68. The number of amides is 1. The highest BCUT2D eigenvalue weighted by molar-refractivity contribution is 7.21. The standard InChI is InChI=1S/C17H22N2OS/c1-3-5-12-8-9-19(10-12)17(20)16-14(18)13-7-4-6-11(2)15(13)21-16/h4,6-7,12H,3,5,8-10,18H2,1-2H3. The summed E-state index contributed by atoms with van der Waals surface area (Å²) in [6.45, 7) is 6.03. The summed E-state index contributed by atoms with van der Waals surface area (Å²) in [6.07, 6.45) is 3.53. The third-order valence-corrected chi connectivity index (χ3v) is 5.76. The average Bonchev–Trinajstić information content (AvgIpc) is 3.06. The number of carbonyl (C=O) groups excluding carboxylic acids is 1. The van der Waals surface area contributed by atoms with Crippen LogP contribution in [0.25, 0.3) is 10.1 Å². The van der Waals surface area contributed by atoms with Crippen molar-refractivity contribution in [1.82, 2.24) is 4.90 Å². The number of nitrogens with zero attached hydrogens (tertiary/aromatic N) is 1. The quantitative estimate of drug-likeness (QED) is 0.929. The normalized spacial score (nSPS) is 18.6. The second kappa shape index (κ2) is 5.68. The summed E-state index contributed by atoms with van der Waals surface area (Å²) in [4.78, 5) is 15.5. The predicted molar refractivity (Wildman–Crippen MR) is 89.9 cm³/mol. The number of hydrogen-bond donors (Lipinski definition) is 1. The number of rotatable bonds is 3. The van der Waals surface area contributed by atoms with E-state index in [2.05, 4.69) is 19.9 Å². The number of thiophene rings is 1. The number of anilines is 1. The predicted octanol–water partition coefficient (Wildman–Crippen LogP) is 4.05. The third-order valence-electron chi connectivity index (χ3n) is 4.42. The van der Waals surface area contributed by atoms with Crippen molar-refractivity contribution in [1.29, 1.82) is 0 Å². The number of likely N-dealkylation sites (tertiary alicyclic amines) is 1. The van der Waals surface area contributed by atoms with Crippen molar-refractivity contribution in [2.75, 3.05) is 18.8 Å². The van der Waals surface area contributed by atoms with Gasteiger partial charge in [-0.25, -0.2) is 0 Å². The highest BCUT2D eigenvalue weighted by Crippen LogP contribution is 2.37. The number of hydrogen-bond acceptors (Lipinski definition) is 3. The van der Waals surface area contributed by atoms with E-state index in [1.165, 1.54) is 18.4 Å². The number of benzene rings is 1. The maximum atomic E-state index is 12.8. The van der Waals surface area contributed by atoms with Crippen molar-refractivity contribution in [3.8, 4) is 0 Å². The van der Waals surface area contributed by atoms with Crippen LogP contribution >= 0.6 is 11.3 Å². The minimum atomic E-state index is 0.117. The maximum absolute atomic E-state index is 12.8. The van der Waals surface area contributed by atoms with Crippen LogP contribution < -0.4 is 5.73 Å². The van der Waals surface area contributed by atoms with Crippen molar-refractivity contribution in [2.24, 2.45) is 5.92 Å². The summed E-state index contributed by atoms with van der Waals surface area (Å²) >= 11 is 1.54. The molecule has 1 fully saturated rings. The van der Waals surface area contributed by atoms with Crippen LogP contribution in [-0.2, 0) is 0 Å². The lowest BCUT2D eigenvalue weighted by atomic mass is 10.0. The second-order valence-corrected chi connectivity index (χ2v) is 7.01. The van der Waals surface area contributed by atoms with Gasteiger partial charge in [0.25, 0.3) is 5.91 Å². The van der Waals surface area contributed by atoms with Gasteiger partial charge in [0.1, 0.15) is 4.88 Å². The van der Waals surface area contributed by atoms with Crippen LogP contribution in [0.3, 0.4) is 0 Å². The van der Waals surface area contributed by atoms with Crippen LogP contribution in [0.2, 0.25) is 0 Å². The summed E-state index contributed by atoms with van der Waals surface area (Å²) in [5, 5.41) is 1.02. The van der Waals surface area contributed by atoms with Gasteiger partial charge >= 0.3 is 0 Å². The number of nitrogens with two attached hydrogens (primary N) is 1. The third kappa shape index (κ3) is 2.53. The lowest BCUT2D eigenvalue weighted by Crippen LogP contribution is -2.28. The number of carbonyl (C=O) groups is 1. The summed E-state index contributed by atoms with van der Waals surface area (Å²) in [5.41, 5.74) is 8.08. The van der Waals surface area contributed by atoms with Gasteiger partial charge in [0.15, 0.2) is 0 Å². The van der Waals surface area contributed by atoms with Gasteiger partial charge in [-0.2, -0.15) is 0 Å². The number of aryl methyl sites for hydroxylation is 1. The summed E-state index contributed by atoms with van der Waals surface area (Å²) in [6, 6.07) is 6.08. The zero-order valence-corrected chi connectivity index (χ0v) is 13.5. The molecule has 2 heterocycles. The molecule has 0 spiro atoms. The molecule has 2 aromatic rings. The van der Waals surface area contributed by atoms with E-state index in [0.717, 1.165) is 34.5 Å². The van der Waals surface area contributed by atoms with Crippen molar-refractivity contribution in [2.45, 2.75) is 33.1 Å². The first kappa shape index (κ1) is 14.4. The zero-order chi connectivity index (χ0) is 15.0. The Labute approximate surface area is 129 Å². The Bertz CT molecular complexity index is 677. The molecule has 3 nitrogen and oxygen atoms in total. The minimum Gasteiger partial charge on any atom is -0.397 e. The van der Waals surface area contributed by atoms with E-state index < -0.39 is 0 Å². The van der Waals surface area contributed by atoms with Crippen molar-refractivity contribution in [3.63, 3.8) is 0 Å². The molecule has 1 saturated heterocycles. The van der Waals surface area contributed by atoms with Crippen LogP contribution in [0.5, 0.6) is 0 Å².